The van der Waals surface area contributed by atoms with Crippen LogP contribution >= 0.6 is 0 Å². The molecule has 0 unspecified atom stereocenters. The van der Waals surface area contributed by atoms with Crippen LogP contribution in [0.1, 0.15) is 19.4 Å². The zero-order valence-electron chi connectivity index (χ0n) is 11.0. The summed E-state index contributed by atoms with van der Waals surface area (Å²) in [7, 11) is 0. The minimum Gasteiger partial charge on any atom is -0.494 e. The van der Waals surface area contributed by atoms with Crippen molar-refractivity contribution < 1.29 is 4.74 Å². The first-order valence-corrected chi connectivity index (χ1v) is 6.24. The maximum Gasteiger partial charge on any atom is 0.332 e. The molecule has 0 radical (unpaired) electrons. The fraction of sp³-hybridized carbons (Fsp3) is 0.286. The van der Waals surface area contributed by atoms with Crippen LogP contribution in [0, 0.1) is 0 Å². The number of H-pyrrole nitrogens is 1. The third-order valence-corrected chi connectivity index (χ3v) is 2.84. The smallest absolute Gasteiger partial charge is 0.332 e. The fourth-order valence-electron chi connectivity index (χ4n) is 1.86. The lowest BCUT2D eigenvalue weighted by atomic mass is 10.2. The lowest BCUT2D eigenvalue weighted by Gasteiger charge is -2.07. The topological polar surface area (TPSA) is 64.1 Å². The van der Waals surface area contributed by atoms with Gasteiger partial charge in [0.05, 0.1) is 12.3 Å². The Morgan fingerprint density at radius 2 is 1.84 bits per heavy atom. The van der Waals surface area contributed by atoms with Crippen molar-refractivity contribution >= 4 is 0 Å². The van der Waals surface area contributed by atoms with Crippen molar-refractivity contribution in [3.05, 3.63) is 56.9 Å². The number of nitrogens with zero attached hydrogens (tertiary/aromatic N) is 1. The molecule has 2 rings (SSSR count). The molecule has 5 heteroatoms. The van der Waals surface area contributed by atoms with Gasteiger partial charge in [-0.15, -0.1) is 0 Å². The predicted octanol–water partition coefficient (Wildman–Crippen LogP) is 1.49. The molecular formula is C14H16N2O3. The molecular weight excluding hydrogens is 244 g/mol. The van der Waals surface area contributed by atoms with Crippen LogP contribution in [0.25, 0.3) is 5.69 Å². The van der Waals surface area contributed by atoms with E-state index >= 15 is 0 Å². The minimum atomic E-state index is -0.439. The van der Waals surface area contributed by atoms with Gasteiger partial charge in [-0.2, -0.15) is 0 Å². The van der Waals surface area contributed by atoms with E-state index in [1.807, 2.05) is 13.8 Å². The zero-order valence-corrected chi connectivity index (χ0v) is 11.0. The Bertz CT molecular complexity index is 668. The van der Waals surface area contributed by atoms with E-state index in [0.29, 0.717) is 30.0 Å². The van der Waals surface area contributed by atoms with Gasteiger partial charge in [0.15, 0.2) is 0 Å². The van der Waals surface area contributed by atoms with E-state index in [2.05, 4.69) is 4.98 Å². The summed E-state index contributed by atoms with van der Waals surface area (Å²) in [6.07, 6.45) is 2.04. The number of nitrogens with one attached hydrogen (secondary N) is 1. The Morgan fingerprint density at radius 1 is 1.16 bits per heavy atom. The van der Waals surface area contributed by atoms with Crippen molar-refractivity contribution in [2.75, 3.05) is 6.61 Å². The highest BCUT2D eigenvalue weighted by Gasteiger charge is 2.08. The third-order valence-electron chi connectivity index (χ3n) is 2.84. The Hall–Kier alpha value is -2.30. The molecule has 0 aliphatic carbocycles. The van der Waals surface area contributed by atoms with Crippen LogP contribution in [0.15, 0.2) is 40.1 Å². The number of aromatic nitrogens is 2. The van der Waals surface area contributed by atoms with Crippen molar-refractivity contribution in [2.24, 2.45) is 0 Å². The average molecular weight is 260 g/mol. The van der Waals surface area contributed by atoms with E-state index in [1.165, 1.54) is 6.20 Å². The summed E-state index contributed by atoms with van der Waals surface area (Å²) in [5.41, 5.74) is 0.389. The minimum absolute atomic E-state index is 0.282. The Morgan fingerprint density at radius 3 is 2.42 bits per heavy atom. The molecule has 0 spiro atoms. The van der Waals surface area contributed by atoms with E-state index < -0.39 is 5.69 Å². The number of hydrogen-bond donors (Lipinski definition) is 1. The van der Waals surface area contributed by atoms with E-state index in [4.69, 9.17) is 4.74 Å². The summed E-state index contributed by atoms with van der Waals surface area (Å²) < 4.78 is 6.46. The van der Waals surface area contributed by atoms with Gasteiger partial charge in [-0.3, -0.25) is 4.79 Å². The second-order valence-corrected chi connectivity index (χ2v) is 4.04. The highest BCUT2D eigenvalue weighted by molar-refractivity contribution is 5.37. The second-order valence-electron chi connectivity index (χ2n) is 4.04. The first-order valence-electron chi connectivity index (χ1n) is 6.24. The maximum atomic E-state index is 12.1. The van der Waals surface area contributed by atoms with Gasteiger partial charge in [-0.1, -0.05) is 6.92 Å². The summed E-state index contributed by atoms with van der Waals surface area (Å²) in [6, 6.07) is 6.87. The van der Waals surface area contributed by atoms with Gasteiger partial charge >= 0.3 is 5.69 Å². The van der Waals surface area contributed by atoms with E-state index in [1.54, 1.807) is 24.3 Å². The molecule has 1 N–H and O–H groups in total. The number of hydrogen-bond acceptors (Lipinski definition) is 3. The molecule has 0 saturated heterocycles. The third kappa shape index (κ3) is 2.59. The molecule has 0 aliphatic heterocycles. The number of ether oxygens (including phenoxy) is 1. The van der Waals surface area contributed by atoms with Crippen LogP contribution in [0.5, 0.6) is 5.75 Å². The molecule has 19 heavy (non-hydrogen) atoms. The molecule has 1 heterocycles. The zero-order chi connectivity index (χ0) is 13.8. The van der Waals surface area contributed by atoms with Crippen LogP contribution < -0.4 is 16.0 Å². The molecule has 0 aliphatic rings. The lowest BCUT2D eigenvalue weighted by molar-refractivity contribution is 0.340. The predicted molar refractivity (Wildman–Crippen MR) is 73.2 cm³/mol. The normalized spacial score (nSPS) is 10.4. The lowest BCUT2D eigenvalue weighted by Crippen LogP contribution is -2.35. The Kier molecular flexibility index (Phi) is 3.85. The van der Waals surface area contributed by atoms with Gasteiger partial charge in [0.25, 0.3) is 5.56 Å². The van der Waals surface area contributed by atoms with Crippen molar-refractivity contribution in [3.8, 4) is 11.4 Å². The van der Waals surface area contributed by atoms with E-state index in [9.17, 15) is 9.59 Å². The molecule has 100 valence electrons. The summed E-state index contributed by atoms with van der Waals surface area (Å²) >= 11 is 0. The van der Waals surface area contributed by atoms with Crippen LogP contribution in [0.4, 0.5) is 0 Å². The Balaban J connectivity index is 2.52. The summed E-state index contributed by atoms with van der Waals surface area (Å²) in [6.45, 7) is 4.34. The molecule has 0 atom stereocenters. The number of benzene rings is 1. The van der Waals surface area contributed by atoms with Crippen molar-refractivity contribution in [1.82, 2.24) is 9.55 Å². The maximum absolute atomic E-state index is 12.1. The number of aryl methyl sites for hydroxylation is 1. The van der Waals surface area contributed by atoms with Crippen LogP contribution in [0.2, 0.25) is 0 Å². The number of rotatable bonds is 4. The molecule has 0 saturated carbocycles. The van der Waals surface area contributed by atoms with Gasteiger partial charge in [-0.05, 0) is 37.6 Å². The first-order chi connectivity index (χ1) is 9.17. The van der Waals surface area contributed by atoms with E-state index in [0.717, 1.165) is 4.57 Å². The monoisotopic (exact) mass is 260 g/mol. The van der Waals surface area contributed by atoms with Gasteiger partial charge in [0, 0.05) is 11.8 Å². The van der Waals surface area contributed by atoms with Crippen molar-refractivity contribution in [2.45, 2.75) is 20.3 Å². The molecule has 0 amide bonds. The van der Waals surface area contributed by atoms with Gasteiger partial charge < -0.3 is 9.72 Å². The standard InChI is InChI=1S/C14H16N2O3/c1-3-10-9-15-14(18)16(13(10)17)11-5-7-12(8-6-11)19-4-2/h5-9H,3-4H2,1-2H3,(H,15,18). The largest absolute Gasteiger partial charge is 0.494 e. The van der Waals surface area contributed by atoms with Crippen molar-refractivity contribution in [3.63, 3.8) is 0 Å². The van der Waals surface area contributed by atoms with Gasteiger partial charge in [0.1, 0.15) is 5.75 Å². The molecule has 5 nitrogen and oxygen atoms in total. The first kappa shape index (κ1) is 13.1. The van der Waals surface area contributed by atoms with Crippen LogP contribution in [-0.4, -0.2) is 16.2 Å². The SMILES string of the molecule is CCOc1ccc(-n2c(=O)[nH]cc(CC)c2=O)cc1. The van der Waals surface area contributed by atoms with E-state index in [-0.39, 0.29) is 5.56 Å². The second kappa shape index (κ2) is 5.56. The molecule has 0 fully saturated rings. The van der Waals surface area contributed by atoms with Crippen LogP contribution in [0.3, 0.4) is 0 Å². The highest BCUT2D eigenvalue weighted by atomic mass is 16.5. The number of aromatic amines is 1. The fourth-order valence-corrected chi connectivity index (χ4v) is 1.86. The summed E-state index contributed by atoms with van der Waals surface area (Å²) in [5, 5.41) is 0. The highest BCUT2D eigenvalue weighted by Crippen LogP contribution is 2.13. The Labute approximate surface area is 110 Å². The summed E-state index contributed by atoms with van der Waals surface area (Å²) in [4.78, 5) is 26.5. The van der Waals surface area contributed by atoms with Crippen LogP contribution in [-0.2, 0) is 6.42 Å². The molecule has 2 aromatic rings. The average Bonchev–Trinajstić information content (AvgIpc) is 2.41. The van der Waals surface area contributed by atoms with Crippen molar-refractivity contribution in [1.29, 1.82) is 0 Å². The van der Waals surface area contributed by atoms with Gasteiger partial charge in [0.2, 0.25) is 0 Å². The summed E-state index contributed by atoms with van der Waals surface area (Å²) in [5.74, 6) is 0.711. The molecule has 1 aromatic carbocycles. The molecule has 1 aromatic heterocycles. The van der Waals surface area contributed by atoms with Gasteiger partial charge in [-0.25, -0.2) is 9.36 Å². The quantitative estimate of drug-likeness (QED) is 0.905. The molecule has 0 bridgehead atoms.